The van der Waals surface area contributed by atoms with Gasteiger partial charge in [-0.1, -0.05) is 127 Å². The van der Waals surface area contributed by atoms with Gasteiger partial charge in [-0.3, -0.25) is 0 Å². The molecule has 0 saturated carbocycles. The molecule has 0 aliphatic heterocycles. The third kappa shape index (κ3) is 4.60. The first-order valence-electron chi connectivity index (χ1n) is 16.7. The Morgan fingerprint density at radius 1 is 0.380 bits per heavy atom. The molecule has 0 spiro atoms. The fourth-order valence-corrected chi connectivity index (χ4v) is 7.10. The lowest BCUT2D eigenvalue weighted by molar-refractivity contribution is 0.669. The number of nitrogens with zero attached hydrogens (tertiary/aromatic N) is 4. The van der Waals surface area contributed by atoms with Gasteiger partial charge in [0.15, 0.2) is 17.5 Å². The highest BCUT2D eigenvalue weighted by Gasteiger charge is 2.21. The van der Waals surface area contributed by atoms with E-state index in [0.717, 1.165) is 66.5 Å². The topological polar surface area (TPSA) is 56.7 Å². The van der Waals surface area contributed by atoms with Crippen LogP contribution in [0.5, 0.6) is 0 Å². The van der Waals surface area contributed by atoms with Crippen LogP contribution in [0.2, 0.25) is 0 Å². The van der Waals surface area contributed by atoms with Gasteiger partial charge in [0, 0.05) is 44.4 Å². The molecule has 0 bridgehead atoms. The van der Waals surface area contributed by atoms with Crippen LogP contribution in [-0.2, 0) is 0 Å². The molecule has 3 heterocycles. The summed E-state index contributed by atoms with van der Waals surface area (Å²) in [4.78, 5) is 15.1. The summed E-state index contributed by atoms with van der Waals surface area (Å²) in [6.07, 6.45) is 0. The number of hydrogen-bond donors (Lipinski definition) is 0. The van der Waals surface area contributed by atoms with Crippen molar-refractivity contribution in [1.82, 2.24) is 19.5 Å². The zero-order valence-electron chi connectivity index (χ0n) is 26.9. The molecule has 0 aliphatic rings. The van der Waals surface area contributed by atoms with Gasteiger partial charge in [0.2, 0.25) is 0 Å². The average molecular weight is 641 g/mol. The normalized spacial score (nSPS) is 11.6. The molecule has 0 amide bonds. The van der Waals surface area contributed by atoms with Crippen LogP contribution in [-0.4, -0.2) is 19.5 Å². The second kappa shape index (κ2) is 11.4. The predicted octanol–water partition coefficient (Wildman–Crippen LogP) is 11.5. The molecule has 10 rings (SSSR count). The Morgan fingerprint density at radius 2 is 0.900 bits per heavy atom. The molecule has 0 unspecified atom stereocenters. The SMILES string of the molecule is c1ccc(-c2cc(-c3nc(-c4ccccc4)nc(-c4ccccc4)n3)c3oc4cc(-n5c6ccccc6c6ccccc65)ccc4c3c2)cc1. The minimum Gasteiger partial charge on any atom is -0.455 e. The number of aromatic nitrogens is 4. The monoisotopic (exact) mass is 640 g/mol. The predicted molar refractivity (Wildman–Crippen MR) is 203 cm³/mol. The van der Waals surface area contributed by atoms with E-state index >= 15 is 0 Å². The second-order valence-corrected chi connectivity index (χ2v) is 12.5. The van der Waals surface area contributed by atoms with Crippen molar-refractivity contribution in [2.75, 3.05) is 0 Å². The molecule has 5 heteroatoms. The Bertz CT molecular complexity index is 2750. The molecule has 5 nitrogen and oxygen atoms in total. The van der Waals surface area contributed by atoms with E-state index in [1.54, 1.807) is 0 Å². The first kappa shape index (κ1) is 28.2. The highest BCUT2D eigenvalue weighted by Crippen LogP contribution is 2.41. The number of furan rings is 1. The van der Waals surface area contributed by atoms with Crippen molar-refractivity contribution < 1.29 is 4.42 Å². The smallest absolute Gasteiger partial charge is 0.167 e. The lowest BCUT2D eigenvalue weighted by atomic mass is 9.99. The van der Waals surface area contributed by atoms with Crippen molar-refractivity contribution in [1.29, 1.82) is 0 Å². The molecule has 0 aliphatic carbocycles. The number of benzene rings is 7. The van der Waals surface area contributed by atoms with Gasteiger partial charge in [0.1, 0.15) is 11.2 Å². The minimum atomic E-state index is 0.558. The third-order valence-corrected chi connectivity index (χ3v) is 9.44. The largest absolute Gasteiger partial charge is 0.455 e. The van der Waals surface area contributed by atoms with E-state index in [0.29, 0.717) is 17.5 Å². The van der Waals surface area contributed by atoms with Crippen LogP contribution < -0.4 is 0 Å². The van der Waals surface area contributed by atoms with Crippen molar-refractivity contribution in [3.8, 4) is 51.0 Å². The Morgan fingerprint density at radius 3 is 1.50 bits per heavy atom. The summed E-state index contributed by atoms with van der Waals surface area (Å²) in [6.45, 7) is 0. The maximum Gasteiger partial charge on any atom is 0.167 e. The maximum absolute atomic E-state index is 6.87. The van der Waals surface area contributed by atoms with Crippen molar-refractivity contribution in [3.63, 3.8) is 0 Å². The van der Waals surface area contributed by atoms with E-state index < -0.39 is 0 Å². The minimum absolute atomic E-state index is 0.558. The van der Waals surface area contributed by atoms with E-state index in [9.17, 15) is 0 Å². The van der Waals surface area contributed by atoms with Crippen LogP contribution >= 0.6 is 0 Å². The van der Waals surface area contributed by atoms with Gasteiger partial charge in [0.05, 0.1) is 16.6 Å². The molecule has 0 saturated heterocycles. The molecule has 234 valence electrons. The van der Waals surface area contributed by atoms with Crippen LogP contribution in [0.15, 0.2) is 174 Å². The highest BCUT2D eigenvalue weighted by molar-refractivity contribution is 6.12. The summed E-state index contributed by atoms with van der Waals surface area (Å²) in [7, 11) is 0. The summed E-state index contributed by atoms with van der Waals surface area (Å²) in [6, 6.07) is 58.6. The summed E-state index contributed by atoms with van der Waals surface area (Å²) >= 11 is 0. The number of rotatable bonds is 5. The van der Waals surface area contributed by atoms with E-state index in [2.05, 4.69) is 108 Å². The van der Waals surface area contributed by atoms with Crippen LogP contribution in [0, 0.1) is 0 Å². The standard InChI is InChI=1S/C45H28N4O/c1-4-14-29(15-5-1)32-26-37-36-25-24-33(49-39-22-12-10-20-34(39)35-21-11-13-23-40(35)49)28-41(36)50-42(37)38(27-32)45-47-43(30-16-6-2-7-17-30)46-44(48-45)31-18-8-3-9-19-31/h1-28H. The number of fused-ring (bicyclic) bond motifs is 6. The van der Waals surface area contributed by atoms with Crippen LogP contribution in [0.25, 0.3) is 94.7 Å². The van der Waals surface area contributed by atoms with Gasteiger partial charge in [-0.05, 0) is 47.5 Å². The van der Waals surface area contributed by atoms with Crippen molar-refractivity contribution >= 4 is 43.7 Å². The Balaban J connectivity index is 1.25. The summed E-state index contributed by atoms with van der Waals surface area (Å²) in [5, 5.41) is 4.49. The van der Waals surface area contributed by atoms with Gasteiger partial charge in [0.25, 0.3) is 0 Å². The Kier molecular flexibility index (Phi) is 6.42. The average Bonchev–Trinajstić information content (AvgIpc) is 3.74. The number of para-hydroxylation sites is 2. The van der Waals surface area contributed by atoms with Gasteiger partial charge in [-0.15, -0.1) is 0 Å². The molecule has 10 aromatic rings. The molecule has 0 radical (unpaired) electrons. The highest BCUT2D eigenvalue weighted by atomic mass is 16.3. The van der Waals surface area contributed by atoms with Gasteiger partial charge in [-0.2, -0.15) is 0 Å². The summed E-state index contributed by atoms with van der Waals surface area (Å²) in [5.41, 5.74) is 9.71. The number of hydrogen-bond acceptors (Lipinski definition) is 4. The van der Waals surface area contributed by atoms with E-state index in [1.807, 2.05) is 66.7 Å². The first-order valence-corrected chi connectivity index (χ1v) is 16.7. The molecule has 0 atom stereocenters. The fourth-order valence-electron chi connectivity index (χ4n) is 7.10. The van der Waals surface area contributed by atoms with Crippen molar-refractivity contribution in [2.24, 2.45) is 0 Å². The van der Waals surface area contributed by atoms with E-state index in [1.165, 1.54) is 10.8 Å². The third-order valence-electron chi connectivity index (χ3n) is 9.44. The molecule has 7 aromatic carbocycles. The van der Waals surface area contributed by atoms with Gasteiger partial charge in [-0.25, -0.2) is 15.0 Å². The molecule has 0 fully saturated rings. The zero-order valence-corrected chi connectivity index (χ0v) is 26.9. The van der Waals surface area contributed by atoms with Crippen molar-refractivity contribution in [3.05, 3.63) is 170 Å². The van der Waals surface area contributed by atoms with Crippen LogP contribution in [0.1, 0.15) is 0 Å². The zero-order chi connectivity index (χ0) is 33.0. The molecular weight excluding hydrogens is 613 g/mol. The molecule has 50 heavy (non-hydrogen) atoms. The fraction of sp³-hybridized carbons (Fsp3) is 0. The quantitative estimate of drug-likeness (QED) is 0.188. The maximum atomic E-state index is 6.87. The van der Waals surface area contributed by atoms with E-state index in [4.69, 9.17) is 19.4 Å². The molecule has 0 N–H and O–H groups in total. The van der Waals surface area contributed by atoms with Crippen molar-refractivity contribution in [2.45, 2.75) is 0 Å². The lowest BCUT2D eigenvalue weighted by Gasteiger charge is -2.10. The van der Waals surface area contributed by atoms with Gasteiger partial charge >= 0.3 is 0 Å². The lowest BCUT2D eigenvalue weighted by Crippen LogP contribution is -2.00. The second-order valence-electron chi connectivity index (χ2n) is 12.5. The van der Waals surface area contributed by atoms with E-state index in [-0.39, 0.29) is 0 Å². The summed E-state index contributed by atoms with van der Waals surface area (Å²) in [5.74, 6) is 1.78. The molecule has 3 aromatic heterocycles. The Hall–Kier alpha value is -6.85. The van der Waals surface area contributed by atoms with Gasteiger partial charge < -0.3 is 8.98 Å². The Labute approximate surface area is 287 Å². The molecular formula is C45H28N4O. The van der Waals surface area contributed by atoms with Crippen LogP contribution in [0.4, 0.5) is 0 Å². The van der Waals surface area contributed by atoms with Crippen LogP contribution in [0.3, 0.4) is 0 Å². The first-order chi connectivity index (χ1) is 24.8. The summed E-state index contributed by atoms with van der Waals surface area (Å²) < 4.78 is 9.19.